The van der Waals surface area contributed by atoms with Crippen LogP contribution in [0.2, 0.25) is 0 Å². The second-order valence-electron chi connectivity index (χ2n) is 6.82. The van der Waals surface area contributed by atoms with Gasteiger partial charge in [0.15, 0.2) is 0 Å². The molecule has 0 aromatic heterocycles. The summed E-state index contributed by atoms with van der Waals surface area (Å²) in [5, 5.41) is 24.1. The van der Waals surface area contributed by atoms with Gasteiger partial charge in [-0.2, -0.15) is 0 Å². The third kappa shape index (κ3) is 4.26. The summed E-state index contributed by atoms with van der Waals surface area (Å²) in [5.74, 6) is -0.946. The van der Waals surface area contributed by atoms with E-state index in [4.69, 9.17) is 4.74 Å². The van der Waals surface area contributed by atoms with Gasteiger partial charge in [0, 0.05) is 17.5 Å². The van der Waals surface area contributed by atoms with Crippen molar-refractivity contribution in [2.75, 3.05) is 6.61 Å². The SMILES string of the molecule is CCOC(=O)C1=C(O)/C(=C/c2cccc([N+](=O)[O-])c2)SC1=Nc1cccc2ccccc12. The van der Waals surface area contributed by atoms with E-state index in [0.29, 0.717) is 21.2 Å². The van der Waals surface area contributed by atoms with Crippen molar-refractivity contribution in [2.45, 2.75) is 6.92 Å². The van der Waals surface area contributed by atoms with Crippen LogP contribution >= 0.6 is 11.8 Å². The van der Waals surface area contributed by atoms with E-state index in [1.54, 1.807) is 25.1 Å². The minimum atomic E-state index is -0.682. The van der Waals surface area contributed by atoms with E-state index in [9.17, 15) is 20.0 Å². The Hall–Kier alpha value is -3.91. The number of aliphatic hydroxyl groups is 1. The van der Waals surface area contributed by atoms with E-state index in [1.165, 1.54) is 12.1 Å². The molecule has 0 amide bonds. The van der Waals surface area contributed by atoms with Gasteiger partial charge in [0.25, 0.3) is 5.69 Å². The first-order valence-corrected chi connectivity index (χ1v) is 10.6. The highest BCUT2D eigenvalue weighted by molar-refractivity contribution is 8.18. The van der Waals surface area contributed by atoms with Gasteiger partial charge in [0.2, 0.25) is 0 Å². The molecule has 3 aromatic carbocycles. The standard InChI is InChI=1S/C24H18N2O5S/c1-2-31-24(28)21-22(27)20(14-15-7-5-10-17(13-15)26(29)30)32-23(21)25-19-12-6-9-16-8-3-4-11-18(16)19/h3-14,27H,2H2,1H3/b20-14-,25-23?. The summed E-state index contributed by atoms with van der Waals surface area (Å²) in [6.07, 6.45) is 1.58. The molecule has 0 aliphatic carbocycles. The molecule has 0 spiro atoms. The van der Waals surface area contributed by atoms with Crippen LogP contribution in [0, 0.1) is 10.1 Å². The number of benzene rings is 3. The molecule has 0 unspecified atom stereocenters. The van der Waals surface area contributed by atoms with Crippen molar-refractivity contribution in [3.05, 3.63) is 98.6 Å². The molecule has 7 nitrogen and oxygen atoms in total. The Labute approximate surface area is 187 Å². The average molecular weight is 446 g/mol. The van der Waals surface area contributed by atoms with E-state index in [1.807, 2.05) is 42.5 Å². The highest BCUT2D eigenvalue weighted by Crippen LogP contribution is 2.41. The summed E-state index contributed by atoms with van der Waals surface area (Å²) in [6, 6.07) is 19.4. The maximum Gasteiger partial charge on any atom is 0.344 e. The number of fused-ring (bicyclic) bond motifs is 1. The van der Waals surface area contributed by atoms with Gasteiger partial charge < -0.3 is 9.84 Å². The fourth-order valence-corrected chi connectivity index (χ4v) is 4.31. The highest BCUT2D eigenvalue weighted by Gasteiger charge is 2.33. The molecule has 3 aromatic rings. The van der Waals surface area contributed by atoms with Crippen molar-refractivity contribution in [1.82, 2.24) is 0 Å². The molecule has 160 valence electrons. The number of rotatable bonds is 5. The molecule has 0 radical (unpaired) electrons. The first kappa shape index (κ1) is 21.3. The first-order valence-electron chi connectivity index (χ1n) is 9.79. The van der Waals surface area contributed by atoms with E-state index >= 15 is 0 Å². The fraction of sp³-hybridized carbons (Fsp3) is 0.0833. The second-order valence-corrected chi connectivity index (χ2v) is 7.85. The summed E-state index contributed by atoms with van der Waals surface area (Å²) < 4.78 is 5.13. The van der Waals surface area contributed by atoms with Crippen LogP contribution in [0.3, 0.4) is 0 Å². The molecule has 1 aliphatic heterocycles. The molecule has 0 saturated heterocycles. The predicted octanol–water partition coefficient (Wildman–Crippen LogP) is 5.94. The van der Waals surface area contributed by atoms with Crippen LogP contribution in [0.4, 0.5) is 11.4 Å². The number of ether oxygens (including phenoxy) is 1. The van der Waals surface area contributed by atoms with Crippen LogP contribution in [0.1, 0.15) is 12.5 Å². The van der Waals surface area contributed by atoms with Crippen molar-refractivity contribution >= 4 is 51.0 Å². The number of nitrogens with zero attached hydrogens (tertiary/aromatic N) is 2. The Bertz CT molecular complexity index is 1320. The summed E-state index contributed by atoms with van der Waals surface area (Å²) in [4.78, 5) is 28.2. The van der Waals surface area contributed by atoms with E-state index in [0.717, 1.165) is 22.5 Å². The molecular formula is C24H18N2O5S. The number of nitro groups is 1. The Kier molecular flexibility index (Phi) is 6.04. The zero-order valence-corrected chi connectivity index (χ0v) is 17.8. The zero-order chi connectivity index (χ0) is 22.7. The highest BCUT2D eigenvalue weighted by atomic mass is 32.2. The summed E-state index contributed by atoms with van der Waals surface area (Å²) >= 11 is 1.11. The number of aliphatic hydroxyl groups excluding tert-OH is 1. The molecule has 0 atom stereocenters. The van der Waals surface area contributed by atoms with Gasteiger partial charge in [-0.05, 0) is 30.0 Å². The maximum absolute atomic E-state index is 12.6. The molecule has 0 bridgehead atoms. The minimum absolute atomic E-state index is 0.0264. The Balaban J connectivity index is 1.81. The zero-order valence-electron chi connectivity index (χ0n) is 17.0. The quantitative estimate of drug-likeness (QED) is 0.296. The molecule has 1 aliphatic rings. The van der Waals surface area contributed by atoms with Gasteiger partial charge in [-0.1, -0.05) is 60.3 Å². The molecule has 0 saturated carbocycles. The van der Waals surface area contributed by atoms with E-state index in [-0.39, 0.29) is 23.6 Å². The van der Waals surface area contributed by atoms with Crippen LogP contribution in [0.5, 0.6) is 0 Å². The first-order chi connectivity index (χ1) is 15.5. The lowest BCUT2D eigenvalue weighted by atomic mass is 10.1. The maximum atomic E-state index is 12.6. The lowest BCUT2D eigenvalue weighted by Gasteiger charge is -2.05. The number of aliphatic imine (C=N–C) groups is 1. The van der Waals surface area contributed by atoms with Crippen molar-refractivity contribution in [1.29, 1.82) is 0 Å². The lowest BCUT2D eigenvalue weighted by Crippen LogP contribution is -2.12. The Morgan fingerprint density at radius 1 is 1.16 bits per heavy atom. The molecule has 8 heteroatoms. The van der Waals surface area contributed by atoms with Crippen LogP contribution in [0.25, 0.3) is 16.8 Å². The number of carbonyl (C=O) groups is 1. The summed E-state index contributed by atoms with van der Waals surface area (Å²) in [7, 11) is 0. The number of non-ortho nitro benzene ring substituents is 1. The molecule has 1 heterocycles. The van der Waals surface area contributed by atoms with Gasteiger partial charge in [-0.3, -0.25) is 10.1 Å². The van der Waals surface area contributed by atoms with Gasteiger partial charge in [-0.25, -0.2) is 9.79 Å². The van der Waals surface area contributed by atoms with Gasteiger partial charge in [-0.15, -0.1) is 0 Å². The number of hydrogen-bond acceptors (Lipinski definition) is 7. The van der Waals surface area contributed by atoms with Crippen LogP contribution in [-0.2, 0) is 9.53 Å². The van der Waals surface area contributed by atoms with Crippen molar-refractivity contribution in [2.24, 2.45) is 4.99 Å². The Morgan fingerprint density at radius 3 is 2.69 bits per heavy atom. The lowest BCUT2D eigenvalue weighted by molar-refractivity contribution is -0.384. The van der Waals surface area contributed by atoms with Crippen molar-refractivity contribution in [3.63, 3.8) is 0 Å². The van der Waals surface area contributed by atoms with Gasteiger partial charge >= 0.3 is 5.97 Å². The third-order valence-corrected chi connectivity index (χ3v) is 5.76. The van der Waals surface area contributed by atoms with Gasteiger partial charge in [0.1, 0.15) is 16.4 Å². The second kappa shape index (κ2) is 9.07. The molecule has 1 N–H and O–H groups in total. The van der Waals surface area contributed by atoms with Crippen molar-refractivity contribution in [3.8, 4) is 0 Å². The summed E-state index contributed by atoms with van der Waals surface area (Å²) in [6.45, 7) is 1.82. The van der Waals surface area contributed by atoms with E-state index in [2.05, 4.69) is 4.99 Å². The molecule has 0 fully saturated rings. The monoisotopic (exact) mass is 446 g/mol. The number of thioether (sulfide) groups is 1. The largest absolute Gasteiger partial charge is 0.506 e. The molecule has 4 rings (SSSR count). The Morgan fingerprint density at radius 2 is 1.91 bits per heavy atom. The van der Waals surface area contributed by atoms with Crippen molar-refractivity contribution < 1.29 is 19.6 Å². The van der Waals surface area contributed by atoms with E-state index < -0.39 is 10.9 Å². The number of carbonyl (C=O) groups excluding carboxylic acids is 1. The summed E-state index contributed by atoms with van der Waals surface area (Å²) in [5.41, 5.74) is 1.07. The number of hydrogen-bond donors (Lipinski definition) is 1. The normalized spacial score (nSPS) is 16.2. The van der Waals surface area contributed by atoms with Gasteiger partial charge in [0.05, 0.1) is 22.1 Å². The minimum Gasteiger partial charge on any atom is -0.506 e. The van der Waals surface area contributed by atoms with Crippen LogP contribution < -0.4 is 0 Å². The third-order valence-electron chi connectivity index (χ3n) is 4.74. The van der Waals surface area contributed by atoms with Crippen LogP contribution in [-0.4, -0.2) is 27.6 Å². The van der Waals surface area contributed by atoms with Crippen LogP contribution in [0.15, 0.2) is 88.0 Å². The smallest absolute Gasteiger partial charge is 0.344 e. The topological polar surface area (TPSA) is 102 Å². The molecular weight excluding hydrogens is 428 g/mol. The number of esters is 1. The molecule has 32 heavy (non-hydrogen) atoms. The predicted molar refractivity (Wildman–Crippen MR) is 126 cm³/mol. The average Bonchev–Trinajstić information content (AvgIpc) is 3.09. The number of nitro benzene ring substituents is 1. The fourth-order valence-electron chi connectivity index (χ4n) is 3.29.